The summed E-state index contributed by atoms with van der Waals surface area (Å²) in [5.74, 6) is 0.391. The van der Waals surface area contributed by atoms with Crippen LogP contribution in [0.1, 0.15) is 53.6 Å². The van der Waals surface area contributed by atoms with E-state index in [4.69, 9.17) is 9.47 Å². The first-order valence-corrected chi connectivity index (χ1v) is 11.5. The van der Waals surface area contributed by atoms with Crippen LogP contribution in [0.5, 0.6) is 11.5 Å². The number of hydrogen-bond acceptors (Lipinski definition) is 5. The number of nitrogens with one attached hydrogen (secondary N) is 1. The molecule has 0 spiro atoms. The van der Waals surface area contributed by atoms with Crippen molar-refractivity contribution in [2.45, 2.75) is 52.0 Å². The molecule has 0 atom stereocenters. The molecule has 1 heterocycles. The monoisotopic (exact) mass is 450 g/mol. The largest absolute Gasteiger partial charge is 0.485 e. The molecule has 1 N–H and O–H groups in total. The Morgan fingerprint density at radius 1 is 1.06 bits per heavy atom. The highest BCUT2D eigenvalue weighted by molar-refractivity contribution is 6.04. The van der Waals surface area contributed by atoms with Gasteiger partial charge in [-0.05, 0) is 68.1 Å². The maximum absolute atomic E-state index is 12.8. The van der Waals surface area contributed by atoms with E-state index in [2.05, 4.69) is 5.32 Å². The van der Waals surface area contributed by atoms with Crippen molar-refractivity contribution in [3.05, 3.63) is 53.1 Å². The molecular weight excluding hydrogens is 420 g/mol. The zero-order valence-corrected chi connectivity index (χ0v) is 19.2. The first-order chi connectivity index (χ1) is 15.9. The van der Waals surface area contributed by atoms with Crippen LogP contribution < -0.4 is 19.7 Å². The number of rotatable bonds is 7. The van der Waals surface area contributed by atoms with Gasteiger partial charge in [0.1, 0.15) is 18.0 Å². The molecule has 0 radical (unpaired) electrons. The van der Waals surface area contributed by atoms with Crippen molar-refractivity contribution in [1.29, 1.82) is 0 Å². The van der Waals surface area contributed by atoms with E-state index in [1.807, 2.05) is 32.0 Å². The lowest BCUT2D eigenvalue weighted by atomic mass is 9.95. The SMILES string of the molecule is Cc1cc(C)cc(OCC(=O)c2ccc3c(c2)N(CC(=O)NC2CCCCC2)C(=O)CO3)c1. The summed E-state index contributed by atoms with van der Waals surface area (Å²) in [6.07, 6.45) is 5.36. The van der Waals surface area contributed by atoms with Gasteiger partial charge in [-0.1, -0.05) is 25.3 Å². The molecule has 7 nitrogen and oxygen atoms in total. The number of nitrogens with zero attached hydrogens (tertiary/aromatic N) is 1. The number of aryl methyl sites for hydroxylation is 2. The van der Waals surface area contributed by atoms with Gasteiger partial charge >= 0.3 is 0 Å². The number of ketones is 1. The molecular formula is C26H30N2O5. The number of hydrogen-bond donors (Lipinski definition) is 1. The first kappa shape index (κ1) is 22.8. The van der Waals surface area contributed by atoms with Crippen molar-refractivity contribution in [1.82, 2.24) is 5.32 Å². The van der Waals surface area contributed by atoms with Crippen molar-refractivity contribution in [2.24, 2.45) is 0 Å². The summed E-state index contributed by atoms with van der Waals surface area (Å²) in [5, 5.41) is 3.04. The summed E-state index contributed by atoms with van der Waals surface area (Å²) < 4.78 is 11.2. The number of fused-ring (bicyclic) bond motifs is 1. The van der Waals surface area contributed by atoms with Crippen molar-refractivity contribution >= 4 is 23.3 Å². The number of carbonyl (C=O) groups is 3. The van der Waals surface area contributed by atoms with Crippen molar-refractivity contribution in [3.63, 3.8) is 0 Å². The molecule has 7 heteroatoms. The van der Waals surface area contributed by atoms with Crippen LogP contribution in [-0.2, 0) is 9.59 Å². The molecule has 2 aromatic carbocycles. The van der Waals surface area contributed by atoms with Crippen LogP contribution in [0.2, 0.25) is 0 Å². The van der Waals surface area contributed by atoms with Crippen LogP contribution >= 0.6 is 0 Å². The lowest BCUT2D eigenvalue weighted by Gasteiger charge is -2.30. The molecule has 0 unspecified atom stereocenters. The zero-order chi connectivity index (χ0) is 23.4. The molecule has 4 rings (SSSR count). The summed E-state index contributed by atoms with van der Waals surface area (Å²) in [6.45, 7) is 3.59. The molecule has 1 aliphatic heterocycles. The highest BCUT2D eigenvalue weighted by atomic mass is 16.5. The molecule has 1 saturated carbocycles. The number of ether oxygens (including phenoxy) is 2. The molecule has 2 aromatic rings. The highest BCUT2D eigenvalue weighted by Crippen LogP contribution is 2.33. The molecule has 174 valence electrons. The van der Waals surface area contributed by atoms with E-state index in [0.717, 1.165) is 36.8 Å². The minimum Gasteiger partial charge on any atom is -0.485 e. The van der Waals surface area contributed by atoms with E-state index in [-0.39, 0.29) is 43.4 Å². The van der Waals surface area contributed by atoms with Gasteiger partial charge < -0.3 is 14.8 Å². The average Bonchev–Trinajstić information content (AvgIpc) is 2.79. The normalized spacial score (nSPS) is 16.1. The number of benzene rings is 2. The second kappa shape index (κ2) is 10.1. The fraction of sp³-hybridized carbons (Fsp3) is 0.423. The van der Waals surface area contributed by atoms with E-state index in [0.29, 0.717) is 22.7 Å². The lowest BCUT2D eigenvalue weighted by Crippen LogP contribution is -2.47. The van der Waals surface area contributed by atoms with Crippen LogP contribution in [0.4, 0.5) is 5.69 Å². The minimum absolute atomic E-state index is 0.0948. The summed E-state index contributed by atoms with van der Waals surface area (Å²) in [5.41, 5.74) is 2.95. The van der Waals surface area contributed by atoms with Gasteiger partial charge in [0.2, 0.25) is 5.91 Å². The Labute approximate surface area is 194 Å². The molecule has 0 aromatic heterocycles. The molecule has 2 amide bonds. The topological polar surface area (TPSA) is 84.9 Å². The quantitative estimate of drug-likeness (QED) is 0.650. The Bertz CT molecular complexity index is 1040. The highest BCUT2D eigenvalue weighted by Gasteiger charge is 2.29. The van der Waals surface area contributed by atoms with Crippen LogP contribution in [0, 0.1) is 13.8 Å². The van der Waals surface area contributed by atoms with Gasteiger partial charge in [-0.2, -0.15) is 0 Å². The standard InChI is InChI=1S/C26H30N2O5/c1-17-10-18(2)12-21(11-17)32-15-23(29)19-8-9-24-22(13-19)28(26(31)16-33-24)14-25(30)27-20-6-4-3-5-7-20/h8-13,20H,3-7,14-16H2,1-2H3,(H,27,30). The summed E-state index contributed by atoms with van der Waals surface area (Å²) in [7, 11) is 0. The van der Waals surface area contributed by atoms with E-state index in [1.54, 1.807) is 18.2 Å². The smallest absolute Gasteiger partial charge is 0.265 e. The minimum atomic E-state index is -0.308. The third-order valence-corrected chi connectivity index (χ3v) is 6.06. The zero-order valence-electron chi connectivity index (χ0n) is 19.2. The predicted molar refractivity (Wildman–Crippen MR) is 125 cm³/mol. The van der Waals surface area contributed by atoms with Crippen LogP contribution in [0.15, 0.2) is 36.4 Å². The van der Waals surface area contributed by atoms with E-state index in [1.165, 1.54) is 11.3 Å². The Kier molecular flexibility index (Phi) is 6.96. The molecule has 1 fully saturated rings. The summed E-state index contributed by atoms with van der Waals surface area (Å²) in [6, 6.07) is 10.9. The Hall–Kier alpha value is -3.35. The second-order valence-corrected chi connectivity index (χ2v) is 8.89. The van der Waals surface area contributed by atoms with E-state index in [9.17, 15) is 14.4 Å². The van der Waals surface area contributed by atoms with Crippen molar-refractivity contribution < 1.29 is 23.9 Å². The Balaban J connectivity index is 1.45. The van der Waals surface area contributed by atoms with Crippen molar-refractivity contribution in [3.8, 4) is 11.5 Å². The third kappa shape index (κ3) is 5.72. The number of amides is 2. The third-order valence-electron chi connectivity index (χ3n) is 6.06. The van der Waals surface area contributed by atoms with Crippen LogP contribution in [0.3, 0.4) is 0 Å². The molecule has 2 aliphatic rings. The van der Waals surface area contributed by atoms with Crippen LogP contribution in [0.25, 0.3) is 0 Å². The average molecular weight is 451 g/mol. The van der Waals surface area contributed by atoms with Gasteiger partial charge in [-0.25, -0.2) is 0 Å². The van der Waals surface area contributed by atoms with Gasteiger partial charge in [0, 0.05) is 11.6 Å². The summed E-state index contributed by atoms with van der Waals surface area (Å²) in [4.78, 5) is 39.4. The van der Waals surface area contributed by atoms with Gasteiger partial charge in [-0.3, -0.25) is 19.3 Å². The van der Waals surface area contributed by atoms with E-state index >= 15 is 0 Å². The first-order valence-electron chi connectivity index (χ1n) is 11.5. The fourth-order valence-corrected chi connectivity index (χ4v) is 4.46. The maximum Gasteiger partial charge on any atom is 0.265 e. The lowest BCUT2D eigenvalue weighted by molar-refractivity contribution is -0.125. The number of anilines is 1. The molecule has 0 bridgehead atoms. The maximum atomic E-state index is 12.8. The van der Waals surface area contributed by atoms with E-state index < -0.39 is 0 Å². The van der Waals surface area contributed by atoms with Gasteiger partial charge in [-0.15, -0.1) is 0 Å². The van der Waals surface area contributed by atoms with Gasteiger partial charge in [0.15, 0.2) is 19.0 Å². The number of carbonyl (C=O) groups excluding carboxylic acids is 3. The molecule has 33 heavy (non-hydrogen) atoms. The predicted octanol–water partition coefficient (Wildman–Crippen LogP) is 3.74. The van der Waals surface area contributed by atoms with Crippen molar-refractivity contribution in [2.75, 3.05) is 24.7 Å². The fourth-order valence-electron chi connectivity index (χ4n) is 4.46. The van der Waals surface area contributed by atoms with Gasteiger partial charge in [0.05, 0.1) is 5.69 Å². The van der Waals surface area contributed by atoms with Crippen LogP contribution in [-0.4, -0.2) is 43.4 Å². The number of Topliss-reactive ketones (excluding diaryl/α,β-unsaturated/α-hetero) is 1. The summed E-state index contributed by atoms with van der Waals surface area (Å²) >= 11 is 0. The van der Waals surface area contributed by atoms with Gasteiger partial charge in [0.25, 0.3) is 5.91 Å². The molecule has 0 saturated heterocycles. The Morgan fingerprint density at radius 3 is 2.52 bits per heavy atom. The Morgan fingerprint density at radius 2 is 1.79 bits per heavy atom. The second-order valence-electron chi connectivity index (χ2n) is 8.89. The molecule has 1 aliphatic carbocycles.